The molecule has 1 fully saturated rings. The van der Waals surface area contributed by atoms with Gasteiger partial charge in [-0.15, -0.1) is 0 Å². The number of carbonyl (C=O) groups is 1. The zero-order valence-electron chi connectivity index (χ0n) is 15.1. The summed E-state index contributed by atoms with van der Waals surface area (Å²) in [7, 11) is 0. The number of aromatic nitrogens is 2. The van der Waals surface area contributed by atoms with Gasteiger partial charge in [0.1, 0.15) is 6.61 Å². The third kappa shape index (κ3) is 3.55. The second kappa shape index (κ2) is 7.71. The summed E-state index contributed by atoms with van der Waals surface area (Å²) >= 11 is 0. The van der Waals surface area contributed by atoms with Gasteiger partial charge in [-0.2, -0.15) is 0 Å². The topological polar surface area (TPSA) is 104 Å². The average Bonchev–Trinajstić information content (AvgIpc) is 3.12. The maximum absolute atomic E-state index is 12.2. The minimum Gasteiger partial charge on any atom is -0.477 e. The number of ether oxygens (including phenoxy) is 1. The van der Waals surface area contributed by atoms with Crippen LogP contribution in [0.25, 0.3) is 21.5 Å². The van der Waals surface area contributed by atoms with Crippen molar-refractivity contribution in [2.45, 2.75) is 25.3 Å². The predicted octanol–water partition coefficient (Wildman–Crippen LogP) is 1.47. The van der Waals surface area contributed by atoms with E-state index in [4.69, 9.17) is 9.84 Å². The van der Waals surface area contributed by atoms with Crippen molar-refractivity contribution in [2.75, 3.05) is 13.2 Å². The number of fused-ring (bicyclic) bond motifs is 2. The summed E-state index contributed by atoms with van der Waals surface area (Å²) in [6, 6.07) is 5.60. The Morgan fingerprint density at radius 3 is 2.93 bits per heavy atom. The fourth-order valence-electron chi connectivity index (χ4n) is 3.44. The van der Waals surface area contributed by atoms with Crippen molar-refractivity contribution in [1.82, 2.24) is 15.3 Å². The number of pyridine rings is 2. The van der Waals surface area contributed by atoms with E-state index < -0.39 is 0 Å². The van der Waals surface area contributed by atoms with E-state index in [2.05, 4.69) is 27.1 Å². The lowest BCUT2D eigenvalue weighted by molar-refractivity contribution is -0.119. The number of aliphatic hydroxyl groups is 1. The van der Waals surface area contributed by atoms with Crippen LogP contribution in [0, 0.1) is 11.8 Å². The van der Waals surface area contributed by atoms with E-state index in [0.717, 1.165) is 17.2 Å². The highest BCUT2D eigenvalue weighted by Crippen LogP contribution is 2.28. The molecule has 0 spiro atoms. The second-order valence-corrected chi connectivity index (χ2v) is 6.67. The average molecular weight is 377 g/mol. The Bertz CT molecular complexity index is 1170. The number of aromatic amines is 1. The quantitative estimate of drug-likeness (QED) is 0.472. The molecule has 3 N–H and O–H groups in total. The number of hydrogen-bond acceptors (Lipinski definition) is 5. The molecule has 28 heavy (non-hydrogen) atoms. The summed E-state index contributed by atoms with van der Waals surface area (Å²) < 4.78 is 5.89. The third-order valence-corrected chi connectivity index (χ3v) is 4.84. The maximum Gasteiger partial charge on any atom is 0.255 e. The number of nitrogens with one attached hydrogen (secondary N) is 2. The Kier molecular flexibility index (Phi) is 4.96. The molecular weight excluding hydrogens is 358 g/mol. The molecule has 1 aliphatic heterocycles. The van der Waals surface area contributed by atoms with E-state index in [1.807, 2.05) is 12.1 Å². The van der Waals surface area contributed by atoms with E-state index in [0.29, 0.717) is 41.7 Å². The van der Waals surface area contributed by atoms with Gasteiger partial charge in [0.15, 0.2) is 0 Å². The Morgan fingerprint density at radius 2 is 2.14 bits per heavy atom. The van der Waals surface area contributed by atoms with E-state index >= 15 is 0 Å². The van der Waals surface area contributed by atoms with Crippen molar-refractivity contribution < 1.29 is 14.6 Å². The first-order valence-electron chi connectivity index (χ1n) is 9.12. The molecule has 7 heteroatoms. The van der Waals surface area contributed by atoms with E-state index in [9.17, 15) is 9.59 Å². The van der Waals surface area contributed by atoms with Gasteiger partial charge in [-0.25, -0.2) is 4.98 Å². The molecule has 1 amide bonds. The number of nitrogens with zero attached hydrogens (tertiary/aromatic N) is 1. The summed E-state index contributed by atoms with van der Waals surface area (Å²) in [5.41, 5.74) is 0.414. The molecule has 0 aliphatic carbocycles. The minimum atomic E-state index is -0.262. The largest absolute Gasteiger partial charge is 0.477 e. The molecule has 1 aromatic carbocycles. The van der Waals surface area contributed by atoms with Crippen LogP contribution in [0.15, 0.2) is 35.4 Å². The van der Waals surface area contributed by atoms with Gasteiger partial charge < -0.3 is 20.1 Å². The number of amides is 1. The Labute approximate surface area is 160 Å². The van der Waals surface area contributed by atoms with Gasteiger partial charge in [-0.1, -0.05) is 11.8 Å². The zero-order valence-corrected chi connectivity index (χ0v) is 15.1. The molecule has 2 aromatic heterocycles. The van der Waals surface area contributed by atoms with Crippen LogP contribution < -0.4 is 15.6 Å². The summed E-state index contributed by atoms with van der Waals surface area (Å²) in [4.78, 5) is 30.6. The van der Waals surface area contributed by atoms with Crippen LogP contribution in [-0.4, -0.2) is 40.2 Å². The number of carbonyl (C=O) groups excluding carboxylic acids is 1. The molecule has 0 bridgehead atoms. The summed E-state index contributed by atoms with van der Waals surface area (Å²) in [6.07, 6.45) is 5.29. The maximum atomic E-state index is 12.2. The monoisotopic (exact) mass is 377 g/mol. The molecule has 3 aromatic rings. The Balaban J connectivity index is 1.69. The number of rotatable bonds is 4. The van der Waals surface area contributed by atoms with Crippen molar-refractivity contribution in [2.24, 2.45) is 0 Å². The van der Waals surface area contributed by atoms with Crippen LogP contribution in [0.2, 0.25) is 0 Å². The number of aliphatic hydroxyl groups excluding tert-OH is 1. The van der Waals surface area contributed by atoms with Crippen molar-refractivity contribution >= 4 is 27.5 Å². The Morgan fingerprint density at radius 1 is 1.25 bits per heavy atom. The van der Waals surface area contributed by atoms with Gasteiger partial charge in [-0.05, 0) is 30.0 Å². The first kappa shape index (κ1) is 18.0. The van der Waals surface area contributed by atoms with Gasteiger partial charge in [0.2, 0.25) is 11.8 Å². The summed E-state index contributed by atoms with van der Waals surface area (Å²) in [6.45, 7) is 0.170. The van der Waals surface area contributed by atoms with Crippen LogP contribution in [0.3, 0.4) is 0 Å². The van der Waals surface area contributed by atoms with Crippen molar-refractivity contribution in [3.63, 3.8) is 0 Å². The third-order valence-electron chi connectivity index (χ3n) is 4.84. The van der Waals surface area contributed by atoms with Gasteiger partial charge in [-0.3, -0.25) is 9.59 Å². The van der Waals surface area contributed by atoms with E-state index in [1.165, 1.54) is 0 Å². The lowest BCUT2D eigenvalue weighted by atomic mass is 10.0. The fourth-order valence-corrected chi connectivity index (χ4v) is 3.44. The molecule has 1 saturated heterocycles. The molecule has 0 unspecified atom stereocenters. The van der Waals surface area contributed by atoms with Crippen molar-refractivity contribution in [1.29, 1.82) is 0 Å². The molecular formula is C21H19N3O4. The molecule has 1 aliphatic rings. The van der Waals surface area contributed by atoms with Crippen molar-refractivity contribution in [3.05, 3.63) is 46.5 Å². The van der Waals surface area contributed by atoms with Crippen LogP contribution in [0.4, 0.5) is 0 Å². The first-order valence-corrected chi connectivity index (χ1v) is 9.12. The highest BCUT2D eigenvalue weighted by molar-refractivity contribution is 6.01. The molecule has 1 atom stereocenters. The Hall–Kier alpha value is -3.37. The second-order valence-electron chi connectivity index (χ2n) is 6.67. The first-order chi connectivity index (χ1) is 13.7. The molecule has 0 saturated carbocycles. The molecule has 142 valence electrons. The lowest BCUT2D eigenvalue weighted by Crippen LogP contribution is -2.26. The van der Waals surface area contributed by atoms with Gasteiger partial charge >= 0.3 is 0 Å². The molecule has 7 nitrogen and oxygen atoms in total. The van der Waals surface area contributed by atoms with Crippen LogP contribution in [-0.2, 0) is 4.79 Å². The normalized spacial score (nSPS) is 16.0. The summed E-state index contributed by atoms with van der Waals surface area (Å²) in [5, 5.41) is 14.7. The fraction of sp³-hybridized carbons (Fsp3) is 0.286. The molecule has 0 radical (unpaired) electrons. The van der Waals surface area contributed by atoms with Gasteiger partial charge in [0, 0.05) is 53.0 Å². The molecule has 3 heterocycles. The van der Waals surface area contributed by atoms with Crippen LogP contribution in [0.5, 0.6) is 5.88 Å². The van der Waals surface area contributed by atoms with E-state index in [1.54, 1.807) is 18.5 Å². The van der Waals surface area contributed by atoms with Gasteiger partial charge in [0.05, 0.1) is 6.61 Å². The SMILES string of the molecule is O=C1CC[C@@H](CCOc2nccc3cc4c(=O)[nH]cc(C#CCO)c4cc23)N1. The predicted molar refractivity (Wildman–Crippen MR) is 105 cm³/mol. The van der Waals surface area contributed by atoms with Gasteiger partial charge in [0.25, 0.3) is 5.56 Å². The highest BCUT2D eigenvalue weighted by Gasteiger charge is 2.20. The highest BCUT2D eigenvalue weighted by atomic mass is 16.5. The number of benzene rings is 1. The van der Waals surface area contributed by atoms with E-state index in [-0.39, 0.29) is 24.1 Å². The number of H-pyrrole nitrogens is 1. The molecule has 4 rings (SSSR count). The van der Waals surface area contributed by atoms with Crippen molar-refractivity contribution in [3.8, 4) is 17.7 Å². The lowest BCUT2D eigenvalue weighted by Gasteiger charge is -2.12. The van der Waals surface area contributed by atoms with Crippen LogP contribution in [0.1, 0.15) is 24.8 Å². The summed E-state index contributed by atoms with van der Waals surface area (Å²) in [5.74, 6) is 6.03. The standard InChI is InChI=1S/C21H19N3O4/c25-8-1-2-14-12-23-20(27)18-10-13-5-7-22-21(17(13)11-16(14)18)28-9-6-15-3-4-19(26)24-15/h5,7,10-12,15,25H,3-4,6,8-9H2,(H,23,27)(H,24,26)/t15-/m0/s1. The number of hydrogen-bond donors (Lipinski definition) is 3. The smallest absolute Gasteiger partial charge is 0.255 e. The zero-order chi connectivity index (χ0) is 19.5. The van der Waals surface area contributed by atoms with Crippen LogP contribution >= 0.6 is 0 Å². The minimum absolute atomic E-state index is 0.0847.